The third-order valence-electron chi connectivity index (χ3n) is 2.92. The van der Waals surface area contributed by atoms with Gasteiger partial charge in [-0.1, -0.05) is 12.1 Å². The monoisotopic (exact) mass is 193 g/mol. The smallest absolute Gasteiger partial charge is 0.123 e. The van der Waals surface area contributed by atoms with Gasteiger partial charge in [-0.15, -0.1) is 0 Å². The van der Waals surface area contributed by atoms with Crippen LogP contribution in [-0.2, 0) is 6.42 Å². The lowest BCUT2D eigenvalue weighted by Crippen LogP contribution is -2.09. The summed E-state index contributed by atoms with van der Waals surface area (Å²) in [7, 11) is 0. The maximum Gasteiger partial charge on any atom is 0.123 e. The van der Waals surface area contributed by atoms with E-state index in [0.717, 1.165) is 25.4 Å². The summed E-state index contributed by atoms with van der Waals surface area (Å²) in [4.78, 5) is 0. The number of aryl methyl sites for hydroxylation is 1. The Morgan fingerprint density at radius 2 is 2.07 bits per heavy atom. The molecule has 1 nitrogen and oxygen atoms in total. The van der Waals surface area contributed by atoms with Crippen molar-refractivity contribution in [2.75, 3.05) is 13.1 Å². The van der Waals surface area contributed by atoms with Crippen molar-refractivity contribution in [2.24, 2.45) is 5.92 Å². The van der Waals surface area contributed by atoms with E-state index in [1.165, 1.54) is 18.4 Å². The summed E-state index contributed by atoms with van der Waals surface area (Å²) in [6, 6.07) is 6.86. The van der Waals surface area contributed by atoms with Crippen LogP contribution in [0.15, 0.2) is 24.3 Å². The van der Waals surface area contributed by atoms with Crippen molar-refractivity contribution in [3.63, 3.8) is 0 Å². The lowest BCUT2D eigenvalue weighted by Gasteiger charge is -2.07. The van der Waals surface area contributed by atoms with E-state index in [1.54, 1.807) is 12.1 Å². The zero-order chi connectivity index (χ0) is 9.80. The summed E-state index contributed by atoms with van der Waals surface area (Å²) in [6.45, 7) is 2.31. The molecular formula is C12H16FN. The molecule has 0 aliphatic carbocycles. The molecule has 1 aromatic rings. The van der Waals surface area contributed by atoms with Gasteiger partial charge >= 0.3 is 0 Å². The van der Waals surface area contributed by atoms with Gasteiger partial charge in [0.05, 0.1) is 0 Å². The van der Waals surface area contributed by atoms with Gasteiger partial charge in [-0.3, -0.25) is 0 Å². The molecule has 0 spiro atoms. The summed E-state index contributed by atoms with van der Waals surface area (Å²) in [6.07, 6.45) is 3.59. The minimum atomic E-state index is -0.142. The fourth-order valence-electron chi connectivity index (χ4n) is 1.98. The highest BCUT2D eigenvalue weighted by Crippen LogP contribution is 2.15. The maximum absolute atomic E-state index is 12.6. The lowest BCUT2D eigenvalue weighted by atomic mass is 9.99. The van der Waals surface area contributed by atoms with Crippen LogP contribution in [0.1, 0.15) is 18.4 Å². The van der Waals surface area contributed by atoms with Gasteiger partial charge in [-0.25, -0.2) is 4.39 Å². The van der Waals surface area contributed by atoms with E-state index in [9.17, 15) is 4.39 Å². The Bertz CT molecular complexity index is 275. The van der Waals surface area contributed by atoms with Gasteiger partial charge in [0, 0.05) is 0 Å². The largest absolute Gasteiger partial charge is 0.316 e. The highest BCUT2D eigenvalue weighted by atomic mass is 19.1. The molecular weight excluding hydrogens is 177 g/mol. The van der Waals surface area contributed by atoms with Crippen LogP contribution < -0.4 is 5.32 Å². The van der Waals surface area contributed by atoms with Crippen molar-refractivity contribution < 1.29 is 4.39 Å². The van der Waals surface area contributed by atoms with Crippen molar-refractivity contribution in [3.05, 3.63) is 35.6 Å². The van der Waals surface area contributed by atoms with E-state index >= 15 is 0 Å². The highest BCUT2D eigenvalue weighted by molar-refractivity contribution is 5.16. The molecule has 1 aliphatic heterocycles. The third-order valence-corrected chi connectivity index (χ3v) is 2.92. The van der Waals surface area contributed by atoms with Crippen LogP contribution in [0.4, 0.5) is 4.39 Å². The molecule has 0 amide bonds. The number of hydrogen-bond acceptors (Lipinski definition) is 1. The van der Waals surface area contributed by atoms with Crippen LogP contribution in [0.3, 0.4) is 0 Å². The van der Waals surface area contributed by atoms with Gasteiger partial charge < -0.3 is 5.32 Å². The van der Waals surface area contributed by atoms with Gasteiger partial charge in [-0.2, -0.15) is 0 Å². The topological polar surface area (TPSA) is 12.0 Å². The van der Waals surface area contributed by atoms with E-state index in [-0.39, 0.29) is 5.82 Å². The first-order valence-electron chi connectivity index (χ1n) is 5.30. The van der Waals surface area contributed by atoms with Crippen molar-refractivity contribution in [3.8, 4) is 0 Å². The van der Waals surface area contributed by atoms with Crippen LogP contribution in [-0.4, -0.2) is 13.1 Å². The Kier molecular flexibility index (Phi) is 3.14. The molecule has 1 unspecified atom stereocenters. The Hall–Kier alpha value is -0.890. The summed E-state index contributed by atoms with van der Waals surface area (Å²) < 4.78 is 12.6. The molecule has 0 aromatic heterocycles. The Morgan fingerprint density at radius 1 is 1.29 bits per heavy atom. The zero-order valence-electron chi connectivity index (χ0n) is 8.30. The van der Waals surface area contributed by atoms with Gasteiger partial charge in [0.2, 0.25) is 0 Å². The van der Waals surface area contributed by atoms with Crippen molar-refractivity contribution in [2.45, 2.75) is 19.3 Å². The Balaban J connectivity index is 1.82. The second-order valence-corrected chi connectivity index (χ2v) is 4.02. The second kappa shape index (κ2) is 4.56. The van der Waals surface area contributed by atoms with Crippen LogP contribution >= 0.6 is 0 Å². The average Bonchev–Trinajstić information content (AvgIpc) is 2.70. The molecule has 76 valence electrons. The first-order chi connectivity index (χ1) is 6.84. The summed E-state index contributed by atoms with van der Waals surface area (Å²) in [5, 5.41) is 3.36. The third kappa shape index (κ3) is 2.55. The van der Waals surface area contributed by atoms with Crippen LogP contribution in [0.2, 0.25) is 0 Å². The molecule has 1 heterocycles. The molecule has 14 heavy (non-hydrogen) atoms. The van der Waals surface area contributed by atoms with E-state index in [4.69, 9.17) is 0 Å². The van der Waals surface area contributed by atoms with Gasteiger partial charge in [-0.05, 0) is 56.0 Å². The van der Waals surface area contributed by atoms with E-state index in [1.807, 2.05) is 12.1 Å². The molecule has 1 aromatic carbocycles. The van der Waals surface area contributed by atoms with Gasteiger partial charge in [0.1, 0.15) is 5.82 Å². The molecule has 0 bridgehead atoms. The molecule has 1 fully saturated rings. The minimum absolute atomic E-state index is 0.142. The van der Waals surface area contributed by atoms with E-state index in [0.29, 0.717) is 0 Å². The Labute approximate surface area is 84.3 Å². The predicted molar refractivity (Wildman–Crippen MR) is 55.7 cm³/mol. The molecule has 0 saturated carbocycles. The molecule has 1 atom stereocenters. The quantitative estimate of drug-likeness (QED) is 0.777. The fraction of sp³-hybridized carbons (Fsp3) is 0.500. The fourth-order valence-corrected chi connectivity index (χ4v) is 1.98. The second-order valence-electron chi connectivity index (χ2n) is 4.02. The lowest BCUT2D eigenvalue weighted by molar-refractivity contribution is 0.532. The summed E-state index contributed by atoms with van der Waals surface area (Å²) in [5.74, 6) is 0.677. The van der Waals surface area contributed by atoms with Crippen molar-refractivity contribution in [1.29, 1.82) is 0 Å². The minimum Gasteiger partial charge on any atom is -0.316 e. The first-order valence-corrected chi connectivity index (χ1v) is 5.30. The molecule has 1 N–H and O–H groups in total. The first kappa shape index (κ1) is 9.66. The molecule has 0 radical (unpaired) electrons. The molecule has 2 heteroatoms. The van der Waals surface area contributed by atoms with Crippen LogP contribution in [0, 0.1) is 11.7 Å². The van der Waals surface area contributed by atoms with E-state index < -0.39 is 0 Å². The average molecular weight is 193 g/mol. The highest BCUT2D eigenvalue weighted by Gasteiger charge is 2.13. The molecule has 1 saturated heterocycles. The number of rotatable bonds is 3. The maximum atomic E-state index is 12.6. The van der Waals surface area contributed by atoms with Crippen molar-refractivity contribution in [1.82, 2.24) is 5.32 Å². The zero-order valence-corrected chi connectivity index (χ0v) is 8.30. The van der Waals surface area contributed by atoms with Gasteiger partial charge in [0.15, 0.2) is 0 Å². The Morgan fingerprint density at radius 3 is 2.71 bits per heavy atom. The van der Waals surface area contributed by atoms with Crippen LogP contribution in [0.25, 0.3) is 0 Å². The predicted octanol–water partition coefficient (Wildman–Crippen LogP) is 2.37. The standard InChI is InChI=1S/C12H16FN/c13-12-5-3-10(4-6-12)1-2-11-7-8-14-9-11/h3-6,11,14H,1-2,7-9H2. The molecule has 1 aliphatic rings. The normalized spacial score (nSPS) is 21.4. The number of nitrogens with one attached hydrogen (secondary N) is 1. The summed E-state index contributed by atoms with van der Waals surface area (Å²) in [5.41, 5.74) is 1.25. The number of halogens is 1. The SMILES string of the molecule is Fc1ccc(CCC2CCNC2)cc1. The van der Waals surface area contributed by atoms with Gasteiger partial charge in [0.25, 0.3) is 0 Å². The number of benzene rings is 1. The molecule has 2 rings (SSSR count). The number of hydrogen-bond donors (Lipinski definition) is 1. The van der Waals surface area contributed by atoms with Crippen LogP contribution in [0.5, 0.6) is 0 Å². The summed E-state index contributed by atoms with van der Waals surface area (Å²) >= 11 is 0. The van der Waals surface area contributed by atoms with E-state index in [2.05, 4.69) is 5.32 Å². The van der Waals surface area contributed by atoms with Crippen molar-refractivity contribution >= 4 is 0 Å².